The van der Waals surface area contributed by atoms with Gasteiger partial charge in [-0.15, -0.1) is 0 Å². The molecule has 0 spiro atoms. The second-order valence-corrected chi connectivity index (χ2v) is 5.93. The molecule has 0 unspecified atom stereocenters. The summed E-state index contributed by atoms with van der Waals surface area (Å²) in [5.74, 6) is -1.72. The highest BCUT2D eigenvalue weighted by Gasteiger charge is 2.38. The lowest BCUT2D eigenvalue weighted by molar-refractivity contribution is -0.159. The highest BCUT2D eigenvalue weighted by atomic mass is 19.4. The van der Waals surface area contributed by atoms with Crippen LogP contribution in [0.3, 0.4) is 0 Å². The van der Waals surface area contributed by atoms with E-state index in [1.54, 1.807) is 0 Å². The zero-order valence-electron chi connectivity index (χ0n) is 13.7. The fourth-order valence-corrected chi connectivity index (χ4v) is 2.98. The average molecular weight is 371 g/mol. The molecule has 0 aliphatic rings. The molecule has 0 aliphatic carbocycles. The van der Waals surface area contributed by atoms with E-state index in [0.717, 1.165) is 16.3 Å². The monoisotopic (exact) mass is 371 g/mol. The number of rotatable bonds is 3. The molecule has 0 saturated heterocycles. The van der Waals surface area contributed by atoms with Crippen LogP contribution in [-0.2, 0) is 12.6 Å². The lowest BCUT2D eigenvalue weighted by Gasteiger charge is -2.08. The molecule has 27 heavy (non-hydrogen) atoms. The van der Waals surface area contributed by atoms with Crippen LogP contribution in [0.15, 0.2) is 64.0 Å². The van der Waals surface area contributed by atoms with Gasteiger partial charge in [-0.25, -0.2) is 0 Å². The molecule has 4 aromatic rings. The van der Waals surface area contributed by atoms with E-state index in [9.17, 15) is 18.0 Å². The van der Waals surface area contributed by atoms with E-state index in [1.807, 2.05) is 42.5 Å². The van der Waals surface area contributed by atoms with Crippen molar-refractivity contribution in [3.63, 3.8) is 0 Å². The summed E-state index contributed by atoms with van der Waals surface area (Å²) in [5, 5.41) is 5.36. The lowest BCUT2D eigenvalue weighted by Crippen LogP contribution is -2.14. The van der Waals surface area contributed by atoms with Crippen molar-refractivity contribution in [1.29, 1.82) is 0 Å². The lowest BCUT2D eigenvalue weighted by atomic mass is 9.96. The van der Waals surface area contributed by atoms with Crippen molar-refractivity contribution in [2.45, 2.75) is 12.6 Å². The van der Waals surface area contributed by atoms with E-state index in [-0.39, 0.29) is 23.4 Å². The Bertz CT molecular complexity index is 1170. The van der Waals surface area contributed by atoms with Crippen LogP contribution < -0.4 is 5.56 Å². The highest BCUT2D eigenvalue weighted by Crippen LogP contribution is 2.30. The van der Waals surface area contributed by atoms with Crippen molar-refractivity contribution in [3.05, 3.63) is 82.1 Å². The van der Waals surface area contributed by atoms with Crippen LogP contribution in [0.1, 0.15) is 17.0 Å². The molecule has 0 aliphatic heterocycles. The van der Waals surface area contributed by atoms with Gasteiger partial charge in [0.15, 0.2) is 0 Å². The van der Waals surface area contributed by atoms with Gasteiger partial charge < -0.3 is 9.51 Å². The largest absolute Gasteiger partial charge is 0.471 e. The van der Waals surface area contributed by atoms with E-state index < -0.39 is 17.6 Å². The van der Waals surface area contributed by atoms with Crippen molar-refractivity contribution >= 4 is 10.8 Å². The highest BCUT2D eigenvalue weighted by molar-refractivity contribution is 5.86. The number of pyridine rings is 1. The van der Waals surface area contributed by atoms with E-state index in [0.29, 0.717) is 0 Å². The Balaban J connectivity index is 1.82. The van der Waals surface area contributed by atoms with E-state index in [1.165, 1.54) is 12.3 Å². The normalized spacial score (nSPS) is 11.8. The van der Waals surface area contributed by atoms with E-state index >= 15 is 0 Å². The van der Waals surface area contributed by atoms with Crippen molar-refractivity contribution in [2.75, 3.05) is 0 Å². The van der Waals surface area contributed by atoms with Crippen LogP contribution in [0, 0.1) is 0 Å². The summed E-state index contributed by atoms with van der Waals surface area (Å²) in [6.45, 7) is 0. The number of hydrogen-bond acceptors (Lipinski definition) is 4. The molecule has 8 heteroatoms. The van der Waals surface area contributed by atoms with Gasteiger partial charge in [0.05, 0.1) is 0 Å². The van der Waals surface area contributed by atoms with Gasteiger partial charge in [0, 0.05) is 23.7 Å². The first kappa shape index (κ1) is 17.0. The number of H-pyrrole nitrogens is 1. The number of alkyl halides is 3. The first-order valence-electron chi connectivity index (χ1n) is 8.02. The summed E-state index contributed by atoms with van der Waals surface area (Å²) >= 11 is 0. The molecular formula is C19H12F3N3O2. The Kier molecular flexibility index (Phi) is 4.02. The predicted octanol–water partition coefficient (Wildman–Crippen LogP) is 4.19. The summed E-state index contributed by atoms with van der Waals surface area (Å²) in [6, 6.07) is 14.8. The maximum atomic E-state index is 12.8. The molecule has 1 N–H and O–H groups in total. The molecule has 0 atom stereocenters. The topological polar surface area (TPSA) is 71.8 Å². The molecule has 4 rings (SSSR count). The van der Waals surface area contributed by atoms with Crippen LogP contribution in [0.5, 0.6) is 0 Å². The minimum absolute atomic E-state index is 0.200. The number of fused-ring (bicyclic) bond motifs is 1. The van der Waals surface area contributed by atoms with Crippen molar-refractivity contribution in [1.82, 2.24) is 15.1 Å². The molecule has 5 nitrogen and oxygen atoms in total. The van der Waals surface area contributed by atoms with Gasteiger partial charge >= 0.3 is 12.1 Å². The first-order chi connectivity index (χ1) is 12.9. The SMILES string of the molecule is O=c1[nH]ccc(-c2noc(C(F)(F)F)n2)c1Cc1cccc2ccccc12. The van der Waals surface area contributed by atoms with E-state index in [4.69, 9.17) is 0 Å². The quantitative estimate of drug-likeness (QED) is 0.586. The van der Waals surface area contributed by atoms with Gasteiger partial charge in [-0.2, -0.15) is 18.2 Å². The van der Waals surface area contributed by atoms with Crippen LogP contribution in [0.2, 0.25) is 0 Å². The second kappa shape index (κ2) is 6.39. The molecule has 2 aromatic carbocycles. The van der Waals surface area contributed by atoms with Gasteiger partial charge in [0.1, 0.15) is 0 Å². The molecule has 0 saturated carbocycles. The Morgan fingerprint density at radius 3 is 2.59 bits per heavy atom. The summed E-state index contributed by atoms with van der Waals surface area (Å²) in [4.78, 5) is 18.3. The van der Waals surface area contributed by atoms with Gasteiger partial charge in [-0.1, -0.05) is 47.6 Å². The average Bonchev–Trinajstić information content (AvgIpc) is 3.14. The first-order valence-corrected chi connectivity index (χ1v) is 8.02. The summed E-state index contributed by atoms with van der Waals surface area (Å²) in [5.41, 5.74) is 0.915. The zero-order valence-corrected chi connectivity index (χ0v) is 13.7. The fourth-order valence-electron chi connectivity index (χ4n) is 2.98. The Morgan fingerprint density at radius 1 is 1.04 bits per heavy atom. The van der Waals surface area contributed by atoms with Crippen LogP contribution in [0.25, 0.3) is 22.2 Å². The smallest absolute Gasteiger partial charge is 0.329 e. The summed E-state index contributed by atoms with van der Waals surface area (Å²) in [6.07, 6.45) is -3.20. The molecule has 2 aromatic heterocycles. The third-order valence-electron chi connectivity index (χ3n) is 4.22. The third-order valence-corrected chi connectivity index (χ3v) is 4.22. The van der Waals surface area contributed by atoms with Crippen molar-refractivity contribution in [3.8, 4) is 11.4 Å². The van der Waals surface area contributed by atoms with Gasteiger partial charge in [-0.05, 0) is 22.4 Å². The fraction of sp³-hybridized carbons (Fsp3) is 0.105. The minimum Gasteiger partial charge on any atom is -0.329 e. The third kappa shape index (κ3) is 3.21. The standard InChI is InChI=1S/C19H12F3N3O2/c20-19(21,22)18-24-16(25-27-18)14-8-9-23-17(26)15(14)10-12-6-3-5-11-4-1-2-7-13(11)12/h1-9H,10H2,(H,23,26). The zero-order chi connectivity index (χ0) is 19.0. The summed E-state index contributed by atoms with van der Waals surface area (Å²) in [7, 11) is 0. The van der Waals surface area contributed by atoms with Gasteiger partial charge in [0.2, 0.25) is 5.82 Å². The maximum Gasteiger partial charge on any atom is 0.471 e. The molecule has 0 fully saturated rings. The number of nitrogens with one attached hydrogen (secondary N) is 1. The second-order valence-electron chi connectivity index (χ2n) is 5.93. The van der Waals surface area contributed by atoms with Crippen LogP contribution >= 0.6 is 0 Å². The van der Waals surface area contributed by atoms with Gasteiger partial charge in [0.25, 0.3) is 5.56 Å². The minimum atomic E-state index is -4.75. The molecule has 136 valence electrons. The Hall–Kier alpha value is -3.42. The number of aromatic amines is 1. The number of aromatic nitrogens is 3. The molecule has 0 radical (unpaired) electrons. The number of benzene rings is 2. The molecule has 0 amide bonds. The molecule has 0 bridgehead atoms. The maximum absolute atomic E-state index is 12.8. The van der Waals surface area contributed by atoms with Crippen LogP contribution in [0.4, 0.5) is 13.2 Å². The summed E-state index contributed by atoms with van der Waals surface area (Å²) < 4.78 is 42.6. The Morgan fingerprint density at radius 2 is 1.81 bits per heavy atom. The van der Waals surface area contributed by atoms with Gasteiger partial charge in [-0.3, -0.25) is 4.79 Å². The Labute approximate surface area is 150 Å². The number of nitrogens with zero attached hydrogens (tertiary/aromatic N) is 2. The molecular weight excluding hydrogens is 359 g/mol. The van der Waals surface area contributed by atoms with E-state index in [2.05, 4.69) is 19.6 Å². The van der Waals surface area contributed by atoms with Crippen molar-refractivity contribution in [2.24, 2.45) is 0 Å². The van der Waals surface area contributed by atoms with Crippen molar-refractivity contribution < 1.29 is 17.7 Å². The number of halogens is 3. The molecule has 2 heterocycles. The predicted molar refractivity (Wildman–Crippen MR) is 92.1 cm³/mol. The number of hydrogen-bond donors (Lipinski definition) is 1. The van der Waals surface area contributed by atoms with Crippen LogP contribution in [-0.4, -0.2) is 15.1 Å².